The quantitative estimate of drug-likeness (QED) is 0.547. The van der Waals surface area contributed by atoms with Gasteiger partial charge in [0.05, 0.1) is 5.02 Å². The third-order valence-corrected chi connectivity index (χ3v) is 1.84. The van der Waals surface area contributed by atoms with Crippen LogP contribution in [0.5, 0.6) is 0 Å². The third kappa shape index (κ3) is 1.32. The number of nitrogens with two attached hydrogens (primary N) is 1. The fourth-order valence-corrected chi connectivity index (χ4v) is 1.14. The van der Waals surface area contributed by atoms with E-state index in [4.69, 9.17) is 21.9 Å². The van der Waals surface area contributed by atoms with Crippen LogP contribution in [0.3, 0.4) is 0 Å². The second-order valence-corrected chi connectivity index (χ2v) is 2.80. The Morgan fingerprint density at radius 1 is 1.54 bits per heavy atom. The van der Waals surface area contributed by atoms with Crippen molar-refractivity contribution in [1.82, 2.24) is 4.98 Å². The lowest BCUT2D eigenvalue weighted by Crippen LogP contribution is -2.06. The summed E-state index contributed by atoms with van der Waals surface area (Å²) in [5, 5.41) is -0.00720. The van der Waals surface area contributed by atoms with E-state index in [1.165, 1.54) is 12.1 Å². The molecule has 0 aliphatic heterocycles. The molecule has 4 nitrogen and oxygen atoms in total. The maximum atomic E-state index is 12.9. The van der Waals surface area contributed by atoms with E-state index in [9.17, 15) is 4.39 Å². The highest BCUT2D eigenvalue weighted by Crippen LogP contribution is 2.24. The highest BCUT2D eigenvalue weighted by atomic mass is 35.5. The van der Waals surface area contributed by atoms with Gasteiger partial charge in [0.15, 0.2) is 5.58 Å². The van der Waals surface area contributed by atoms with Crippen molar-refractivity contribution in [2.45, 2.75) is 0 Å². The number of hydrazine groups is 1. The van der Waals surface area contributed by atoms with Crippen molar-refractivity contribution in [1.29, 1.82) is 0 Å². The van der Waals surface area contributed by atoms with Gasteiger partial charge in [-0.15, -0.1) is 0 Å². The summed E-state index contributed by atoms with van der Waals surface area (Å²) in [7, 11) is 0. The molecule has 0 aliphatic carbocycles. The summed E-state index contributed by atoms with van der Waals surface area (Å²) in [5.41, 5.74) is 2.97. The van der Waals surface area contributed by atoms with Gasteiger partial charge in [0.2, 0.25) is 0 Å². The van der Waals surface area contributed by atoms with Gasteiger partial charge in [0.25, 0.3) is 0 Å². The van der Waals surface area contributed by atoms with E-state index in [2.05, 4.69) is 10.4 Å². The Labute approximate surface area is 77.5 Å². The van der Waals surface area contributed by atoms with Crippen molar-refractivity contribution in [2.24, 2.45) is 5.84 Å². The highest BCUT2D eigenvalue weighted by Gasteiger charge is 2.08. The number of rotatable bonds is 1. The van der Waals surface area contributed by atoms with Gasteiger partial charge in [0, 0.05) is 12.1 Å². The summed E-state index contributed by atoms with van der Waals surface area (Å²) in [6.45, 7) is 0. The molecule has 0 bridgehead atoms. The van der Waals surface area contributed by atoms with Crippen molar-refractivity contribution in [3.05, 3.63) is 23.0 Å². The van der Waals surface area contributed by atoms with Crippen molar-refractivity contribution < 1.29 is 8.81 Å². The minimum absolute atomic E-state index is 0.00720. The predicted molar refractivity (Wildman–Crippen MR) is 46.8 cm³/mol. The lowest BCUT2D eigenvalue weighted by atomic mass is 10.3. The second kappa shape index (κ2) is 2.86. The van der Waals surface area contributed by atoms with Gasteiger partial charge in [-0.25, -0.2) is 10.2 Å². The number of hydrogen-bond donors (Lipinski definition) is 2. The largest absolute Gasteiger partial charge is 0.423 e. The molecule has 0 unspecified atom stereocenters. The molecular formula is C7H5ClFN3O. The van der Waals surface area contributed by atoms with Gasteiger partial charge < -0.3 is 4.42 Å². The highest BCUT2D eigenvalue weighted by molar-refractivity contribution is 6.31. The zero-order valence-corrected chi connectivity index (χ0v) is 7.10. The number of hydrogen-bond acceptors (Lipinski definition) is 4. The van der Waals surface area contributed by atoms with Crippen LogP contribution < -0.4 is 11.3 Å². The normalized spacial score (nSPS) is 10.7. The maximum Gasteiger partial charge on any atom is 0.310 e. The summed E-state index contributed by atoms with van der Waals surface area (Å²) in [6.07, 6.45) is 0. The number of fused-ring (bicyclic) bond motifs is 1. The molecule has 0 atom stereocenters. The van der Waals surface area contributed by atoms with E-state index in [0.717, 1.165) is 0 Å². The van der Waals surface area contributed by atoms with Crippen LogP contribution in [0, 0.1) is 5.82 Å². The van der Waals surface area contributed by atoms with E-state index in [1.54, 1.807) is 0 Å². The average molecular weight is 202 g/mol. The molecule has 2 aromatic rings. The van der Waals surface area contributed by atoms with Crippen LogP contribution in [-0.2, 0) is 0 Å². The first-order valence-electron chi connectivity index (χ1n) is 3.43. The van der Waals surface area contributed by atoms with E-state index in [-0.39, 0.29) is 11.0 Å². The fraction of sp³-hybridized carbons (Fsp3) is 0. The van der Waals surface area contributed by atoms with Crippen LogP contribution >= 0.6 is 11.6 Å². The van der Waals surface area contributed by atoms with Gasteiger partial charge >= 0.3 is 6.01 Å². The molecule has 1 aromatic heterocycles. The first-order valence-corrected chi connectivity index (χ1v) is 3.80. The second-order valence-electron chi connectivity index (χ2n) is 2.40. The van der Waals surface area contributed by atoms with Gasteiger partial charge in [-0.05, 0) is 0 Å². The Kier molecular flexibility index (Phi) is 1.82. The molecule has 0 radical (unpaired) electrons. The summed E-state index contributed by atoms with van der Waals surface area (Å²) >= 11 is 5.53. The molecule has 6 heteroatoms. The third-order valence-electron chi connectivity index (χ3n) is 1.55. The van der Waals surface area contributed by atoms with Crippen LogP contribution in [0.4, 0.5) is 10.4 Å². The van der Waals surface area contributed by atoms with E-state index in [0.29, 0.717) is 11.1 Å². The Morgan fingerprint density at radius 2 is 2.31 bits per heavy atom. The standard InChI is InChI=1S/C7H5ClFN3O/c8-3-1-6-5(2-4(3)9)11-7(12-10)13-6/h1-2H,10H2,(H,11,12). The number of nitrogens with zero attached hydrogens (tertiary/aromatic N) is 1. The molecule has 68 valence electrons. The van der Waals surface area contributed by atoms with Crippen molar-refractivity contribution in [3.8, 4) is 0 Å². The summed E-state index contributed by atoms with van der Waals surface area (Å²) in [4.78, 5) is 3.83. The molecule has 0 amide bonds. The topological polar surface area (TPSA) is 64.1 Å². The smallest absolute Gasteiger partial charge is 0.310 e. The number of anilines is 1. The van der Waals surface area contributed by atoms with Gasteiger partial charge in [-0.3, -0.25) is 5.43 Å². The van der Waals surface area contributed by atoms with Crippen LogP contribution in [0.2, 0.25) is 5.02 Å². The molecule has 0 spiro atoms. The fourth-order valence-electron chi connectivity index (χ4n) is 0.985. The lowest BCUT2D eigenvalue weighted by molar-refractivity contribution is 0.612. The Bertz CT molecular complexity index is 417. The molecule has 13 heavy (non-hydrogen) atoms. The molecule has 1 heterocycles. The van der Waals surface area contributed by atoms with Crippen LogP contribution in [-0.4, -0.2) is 4.98 Å². The lowest BCUT2D eigenvalue weighted by Gasteiger charge is -1.90. The number of oxazole rings is 1. The number of benzene rings is 1. The number of aromatic nitrogens is 1. The molecule has 2 rings (SSSR count). The maximum absolute atomic E-state index is 12.9. The zero-order valence-electron chi connectivity index (χ0n) is 6.34. The van der Waals surface area contributed by atoms with Gasteiger partial charge in [0.1, 0.15) is 11.3 Å². The van der Waals surface area contributed by atoms with Crippen LogP contribution in [0.25, 0.3) is 11.1 Å². The summed E-state index contributed by atoms with van der Waals surface area (Å²) in [6, 6.07) is 2.65. The molecule has 0 fully saturated rings. The first kappa shape index (κ1) is 8.28. The number of halogens is 2. The molecule has 3 N–H and O–H groups in total. The van der Waals surface area contributed by atoms with Crippen molar-refractivity contribution in [3.63, 3.8) is 0 Å². The summed E-state index contributed by atoms with van der Waals surface area (Å²) < 4.78 is 18.0. The zero-order chi connectivity index (χ0) is 9.42. The Balaban J connectivity index is 2.70. The van der Waals surface area contributed by atoms with Crippen LogP contribution in [0.15, 0.2) is 16.5 Å². The molecule has 0 saturated carbocycles. The molecule has 0 saturated heterocycles. The molecule has 0 aliphatic rings. The van der Waals surface area contributed by atoms with E-state index in [1.807, 2.05) is 0 Å². The molecular weight excluding hydrogens is 197 g/mol. The monoisotopic (exact) mass is 201 g/mol. The van der Waals surface area contributed by atoms with Gasteiger partial charge in [-0.1, -0.05) is 11.6 Å². The van der Waals surface area contributed by atoms with E-state index >= 15 is 0 Å². The number of nitrogens with one attached hydrogen (secondary N) is 1. The van der Waals surface area contributed by atoms with E-state index < -0.39 is 5.82 Å². The summed E-state index contributed by atoms with van der Waals surface area (Å²) in [5.74, 6) is 4.52. The average Bonchev–Trinajstić information content (AvgIpc) is 2.48. The SMILES string of the molecule is NNc1nc2cc(F)c(Cl)cc2o1. The molecule has 1 aromatic carbocycles. The Hall–Kier alpha value is -1.33. The van der Waals surface area contributed by atoms with Crippen molar-refractivity contribution in [2.75, 3.05) is 5.43 Å². The van der Waals surface area contributed by atoms with Crippen molar-refractivity contribution >= 4 is 28.7 Å². The Morgan fingerprint density at radius 3 is 3.00 bits per heavy atom. The minimum Gasteiger partial charge on any atom is -0.423 e. The predicted octanol–water partition coefficient (Wildman–Crippen LogP) is 1.91. The number of nitrogen functional groups attached to an aromatic ring is 1. The minimum atomic E-state index is -0.536. The van der Waals surface area contributed by atoms with Gasteiger partial charge in [-0.2, -0.15) is 4.98 Å². The first-order chi connectivity index (χ1) is 6.20. The van der Waals surface area contributed by atoms with Crippen LogP contribution in [0.1, 0.15) is 0 Å².